The van der Waals surface area contributed by atoms with E-state index in [4.69, 9.17) is 4.74 Å². The predicted octanol–water partition coefficient (Wildman–Crippen LogP) is 4.40. The monoisotopic (exact) mass is 305 g/mol. The lowest BCUT2D eigenvalue weighted by molar-refractivity contribution is -0.143. The van der Waals surface area contributed by atoms with E-state index in [1.807, 2.05) is 37.4 Å². The van der Waals surface area contributed by atoms with Crippen LogP contribution in [0.1, 0.15) is 18.9 Å². The molecule has 0 unspecified atom stereocenters. The first-order valence-electron chi connectivity index (χ1n) is 7.87. The van der Waals surface area contributed by atoms with Crippen molar-refractivity contribution >= 4 is 16.9 Å². The quantitative estimate of drug-likeness (QED) is 0.656. The van der Waals surface area contributed by atoms with Crippen molar-refractivity contribution in [1.82, 2.24) is 4.98 Å². The highest BCUT2D eigenvalue weighted by molar-refractivity contribution is 5.94. The summed E-state index contributed by atoms with van der Waals surface area (Å²) in [6.45, 7) is 2.25. The van der Waals surface area contributed by atoms with E-state index in [0.717, 1.165) is 27.6 Å². The van der Waals surface area contributed by atoms with Crippen molar-refractivity contribution in [1.29, 1.82) is 0 Å². The summed E-state index contributed by atoms with van der Waals surface area (Å²) in [5, 5.41) is 1.12. The first-order valence-corrected chi connectivity index (χ1v) is 7.87. The standard InChI is InChI=1S/C20H19NO2/c1-2-23-19(22)13-12-15-7-3-4-10-17(15)18-11-5-8-16-9-6-14-21-20(16)18/h3-11,14H,2,12-13H2,1H3. The molecule has 0 amide bonds. The predicted molar refractivity (Wildman–Crippen MR) is 92.1 cm³/mol. The Morgan fingerprint density at radius 1 is 1.00 bits per heavy atom. The normalized spacial score (nSPS) is 10.7. The second kappa shape index (κ2) is 7.05. The van der Waals surface area contributed by atoms with Crippen LogP contribution in [0, 0.1) is 0 Å². The van der Waals surface area contributed by atoms with Gasteiger partial charge in [0, 0.05) is 23.6 Å². The van der Waals surface area contributed by atoms with Crippen LogP contribution in [0.5, 0.6) is 0 Å². The molecule has 0 spiro atoms. The van der Waals surface area contributed by atoms with Crippen molar-refractivity contribution in [2.45, 2.75) is 19.8 Å². The Morgan fingerprint density at radius 3 is 2.65 bits per heavy atom. The van der Waals surface area contributed by atoms with E-state index in [9.17, 15) is 4.79 Å². The van der Waals surface area contributed by atoms with Crippen molar-refractivity contribution in [3.63, 3.8) is 0 Å². The first kappa shape index (κ1) is 15.2. The number of nitrogens with zero attached hydrogens (tertiary/aromatic N) is 1. The van der Waals surface area contributed by atoms with E-state index in [0.29, 0.717) is 19.4 Å². The van der Waals surface area contributed by atoms with Gasteiger partial charge in [0.15, 0.2) is 0 Å². The lowest BCUT2D eigenvalue weighted by Gasteiger charge is -2.11. The molecule has 0 fully saturated rings. The smallest absolute Gasteiger partial charge is 0.306 e. The summed E-state index contributed by atoms with van der Waals surface area (Å²) in [6, 6.07) is 18.4. The number of pyridine rings is 1. The average Bonchev–Trinajstić information content (AvgIpc) is 2.60. The minimum absolute atomic E-state index is 0.154. The molecule has 0 N–H and O–H groups in total. The van der Waals surface area contributed by atoms with Crippen LogP contribution in [0.15, 0.2) is 60.8 Å². The van der Waals surface area contributed by atoms with Gasteiger partial charge in [0.25, 0.3) is 0 Å². The molecule has 0 aliphatic carbocycles. The van der Waals surface area contributed by atoms with Crippen molar-refractivity contribution in [2.24, 2.45) is 0 Å². The van der Waals surface area contributed by atoms with Crippen molar-refractivity contribution in [2.75, 3.05) is 6.61 Å². The molecule has 0 saturated heterocycles. The summed E-state index contributed by atoms with van der Waals surface area (Å²) < 4.78 is 5.03. The van der Waals surface area contributed by atoms with Crippen molar-refractivity contribution in [3.05, 3.63) is 66.4 Å². The molecule has 1 aromatic heterocycles. The summed E-state index contributed by atoms with van der Waals surface area (Å²) in [7, 11) is 0. The molecule has 3 rings (SSSR count). The van der Waals surface area contributed by atoms with E-state index in [1.54, 1.807) is 0 Å². The molecule has 1 heterocycles. The topological polar surface area (TPSA) is 39.2 Å². The highest BCUT2D eigenvalue weighted by Gasteiger charge is 2.10. The maximum Gasteiger partial charge on any atom is 0.306 e. The number of para-hydroxylation sites is 1. The Bertz CT molecular complexity index is 821. The first-order chi connectivity index (χ1) is 11.3. The van der Waals surface area contributed by atoms with E-state index in [2.05, 4.69) is 35.3 Å². The Labute approximate surface area is 135 Å². The van der Waals surface area contributed by atoms with Crippen molar-refractivity contribution in [3.8, 4) is 11.1 Å². The Morgan fingerprint density at radius 2 is 1.78 bits per heavy atom. The van der Waals surface area contributed by atoms with Crippen LogP contribution in [0.25, 0.3) is 22.0 Å². The molecule has 0 radical (unpaired) electrons. The molecular weight excluding hydrogens is 286 g/mol. The van der Waals surface area contributed by atoms with Crippen molar-refractivity contribution < 1.29 is 9.53 Å². The molecule has 0 atom stereocenters. The fraction of sp³-hybridized carbons (Fsp3) is 0.200. The maximum atomic E-state index is 11.6. The molecule has 3 aromatic rings. The number of hydrogen-bond donors (Lipinski definition) is 0. The summed E-state index contributed by atoms with van der Waals surface area (Å²) in [5.74, 6) is -0.154. The van der Waals surface area contributed by atoms with Crippen LogP contribution in [-0.4, -0.2) is 17.6 Å². The van der Waals surface area contributed by atoms with Gasteiger partial charge in [-0.25, -0.2) is 0 Å². The zero-order valence-corrected chi connectivity index (χ0v) is 13.2. The van der Waals surface area contributed by atoms with Gasteiger partial charge in [0.2, 0.25) is 0 Å². The molecule has 3 heteroatoms. The largest absolute Gasteiger partial charge is 0.466 e. The number of carbonyl (C=O) groups is 1. The molecule has 23 heavy (non-hydrogen) atoms. The van der Waals surface area contributed by atoms with E-state index in [-0.39, 0.29) is 5.97 Å². The van der Waals surface area contributed by atoms with Crippen LogP contribution >= 0.6 is 0 Å². The number of aryl methyl sites for hydroxylation is 1. The second-order valence-electron chi connectivity index (χ2n) is 5.34. The highest BCUT2D eigenvalue weighted by atomic mass is 16.5. The van der Waals surface area contributed by atoms with Gasteiger partial charge in [-0.1, -0.05) is 48.5 Å². The van der Waals surface area contributed by atoms with Crippen LogP contribution < -0.4 is 0 Å². The van der Waals surface area contributed by atoms with E-state index >= 15 is 0 Å². The minimum atomic E-state index is -0.154. The van der Waals surface area contributed by atoms with E-state index < -0.39 is 0 Å². The maximum absolute atomic E-state index is 11.6. The lowest BCUT2D eigenvalue weighted by atomic mass is 9.95. The van der Waals surface area contributed by atoms with Gasteiger partial charge in [-0.15, -0.1) is 0 Å². The zero-order valence-electron chi connectivity index (χ0n) is 13.2. The van der Waals surface area contributed by atoms with Crippen LogP contribution in [0.2, 0.25) is 0 Å². The highest BCUT2D eigenvalue weighted by Crippen LogP contribution is 2.30. The van der Waals surface area contributed by atoms with Gasteiger partial charge < -0.3 is 4.74 Å². The minimum Gasteiger partial charge on any atom is -0.466 e. The number of esters is 1. The van der Waals surface area contributed by atoms with Gasteiger partial charge >= 0.3 is 5.97 Å². The number of benzene rings is 2. The SMILES string of the molecule is CCOC(=O)CCc1ccccc1-c1cccc2cccnc12. The van der Waals surface area contributed by atoms with Crippen LogP contribution in [0.4, 0.5) is 0 Å². The Kier molecular flexibility index (Phi) is 4.67. The number of fused-ring (bicyclic) bond motifs is 1. The van der Waals surface area contributed by atoms with E-state index in [1.165, 1.54) is 0 Å². The lowest BCUT2D eigenvalue weighted by Crippen LogP contribution is -2.05. The molecule has 0 saturated carbocycles. The molecule has 0 aliphatic heterocycles. The molecule has 2 aromatic carbocycles. The summed E-state index contributed by atoms with van der Waals surface area (Å²) in [6.07, 6.45) is 2.87. The van der Waals surface area contributed by atoms with Gasteiger partial charge in [0.1, 0.15) is 0 Å². The third-order valence-electron chi connectivity index (χ3n) is 3.84. The molecular formula is C20H19NO2. The Hall–Kier alpha value is -2.68. The number of rotatable bonds is 5. The van der Waals surface area contributed by atoms with Gasteiger partial charge in [0.05, 0.1) is 12.1 Å². The summed E-state index contributed by atoms with van der Waals surface area (Å²) in [4.78, 5) is 16.2. The number of aromatic nitrogens is 1. The van der Waals surface area contributed by atoms with Crippen LogP contribution in [-0.2, 0) is 16.0 Å². The fourth-order valence-corrected chi connectivity index (χ4v) is 2.79. The zero-order chi connectivity index (χ0) is 16.1. The third-order valence-corrected chi connectivity index (χ3v) is 3.84. The summed E-state index contributed by atoms with van der Waals surface area (Å²) in [5.41, 5.74) is 4.35. The molecule has 3 nitrogen and oxygen atoms in total. The third kappa shape index (κ3) is 3.39. The average molecular weight is 305 g/mol. The van der Waals surface area contributed by atoms with Gasteiger partial charge in [-0.3, -0.25) is 9.78 Å². The van der Waals surface area contributed by atoms with Crippen LogP contribution in [0.3, 0.4) is 0 Å². The second-order valence-corrected chi connectivity index (χ2v) is 5.34. The number of hydrogen-bond acceptors (Lipinski definition) is 3. The number of ether oxygens (including phenoxy) is 1. The fourth-order valence-electron chi connectivity index (χ4n) is 2.79. The number of carbonyl (C=O) groups excluding carboxylic acids is 1. The summed E-state index contributed by atoms with van der Waals surface area (Å²) >= 11 is 0. The van der Waals surface area contributed by atoms with Gasteiger partial charge in [-0.05, 0) is 30.5 Å². The van der Waals surface area contributed by atoms with Gasteiger partial charge in [-0.2, -0.15) is 0 Å². The molecule has 0 bridgehead atoms. The Balaban J connectivity index is 1.98. The molecule has 0 aliphatic rings. The molecule has 116 valence electrons.